The normalized spacial score (nSPS) is 18.5. The summed E-state index contributed by atoms with van der Waals surface area (Å²) in [5, 5.41) is 0. The summed E-state index contributed by atoms with van der Waals surface area (Å²) in [6, 6.07) is 11.6. The SMILES string of the molecule is COc1ccc(C2CCCCN(C(=O)c3ccc(Br)o3)C2)cc1. The molecule has 1 fully saturated rings. The van der Waals surface area contributed by atoms with Gasteiger partial charge in [0, 0.05) is 19.0 Å². The first-order chi connectivity index (χ1) is 11.2. The minimum absolute atomic E-state index is 0.0314. The molecule has 1 aliphatic rings. The van der Waals surface area contributed by atoms with Gasteiger partial charge in [0.1, 0.15) is 5.75 Å². The Morgan fingerprint density at radius 2 is 2.00 bits per heavy atom. The predicted octanol–water partition coefficient (Wildman–Crippen LogP) is 4.46. The molecule has 1 atom stereocenters. The maximum Gasteiger partial charge on any atom is 0.289 e. The molecule has 4 nitrogen and oxygen atoms in total. The number of carbonyl (C=O) groups excluding carboxylic acids is 1. The van der Waals surface area contributed by atoms with Crippen LogP contribution in [0.5, 0.6) is 5.75 Å². The largest absolute Gasteiger partial charge is 0.497 e. The second-order valence-corrected chi connectivity index (χ2v) is 6.60. The molecule has 0 bridgehead atoms. The van der Waals surface area contributed by atoms with Crippen molar-refractivity contribution in [1.82, 2.24) is 4.90 Å². The van der Waals surface area contributed by atoms with Crippen LogP contribution < -0.4 is 4.74 Å². The number of halogens is 1. The van der Waals surface area contributed by atoms with Gasteiger partial charge in [-0.2, -0.15) is 0 Å². The van der Waals surface area contributed by atoms with Gasteiger partial charge in [-0.05, 0) is 58.6 Å². The van der Waals surface area contributed by atoms with E-state index in [1.54, 1.807) is 19.2 Å². The highest BCUT2D eigenvalue weighted by molar-refractivity contribution is 9.10. The lowest BCUT2D eigenvalue weighted by Gasteiger charge is -2.24. The van der Waals surface area contributed by atoms with Crippen LogP contribution >= 0.6 is 15.9 Å². The van der Waals surface area contributed by atoms with Crippen molar-refractivity contribution in [2.75, 3.05) is 20.2 Å². The highest BCUT2D eigenvalue weighted by Crippen LogP contribution is 2.29. The van der Waals surface area contributed by atoms with Crippen molar-refractivity contribution in [2.24, 2.45) is 0 Å². The number of benzene rings is 1. The Balaban J connectivity index is 1.76. The third kappa shape index (κ3) is 3.78. The number of amides is 1. The molecule has 1 aliphatic heterocycles. The molecule has 1 aromatic heterocycles. The van der Waals surface area contributed by atoms with Crippen LogP contribution in [-0.2, 0) is 0 Å². The van der Waals surface area contributed by atoms with Crippen molar-refractivity contribution < 1.29 is 13.9 Å². The third-order valence-electron chi connectivity index (χ3n) is 4.33. The van der Waals surface area contributed by atoms with Crippen LogP contribution in [0.15, 0.2) is 45.5 Å². The number of ether oxygens (including phenoxy) is 1. The summed E-state index contributed by atoms with van der Waals surface area (Å²) in [6.45, 7) is 1.51. The van der Waals surface area contributed by atoms with Crippen molar-refractivity contribution in [2.45, 2.75) is 25.2 Å². The molecule has 23 heavy (non-hydrogen) atoms. The fourth-order valence-electron chi connectivity index (χ4n) is 3.06. The zero-order valence-corrected chi connectivity index (χ0v) is 14.7. The molecule has 3 rings (SSSR count). The van der Waals surface area contributed by atoms with Crippen LogP contribution in [0.1, 0.15) is 41.3 Å². The van der Waals surface area contributed by atoms with E-state index < -0.39 is 0 Å². The summed E-state index contributed by atoms with van der Waals surface area (Å²) in [6.07, 6.45) is 3.25. The number of rotatable bonds is 3. The second kappa shape index (κ2) is 7.21. The number of methoxy groups -OCH3 is 1. The van der Waals surface area contributed by atoms with Gasteiger partial charge < -0.3 is 14.1 Å². The van der Waals surface area contributed by atoms with Gasteiger partial charge >= 0.3 is 0 Å². The molecule has 1 aromatic carbocycles. The van der Waals surface area contributed by atoms with E-state index in [0.717, 1.165) is 38.1 Å². The lowest BCUT2D eigenvalue weighted by atomic mass is 9.94. The topological polar surface area (TPSA) is 42.7 Å². The van der Waals surface area contributed by atoms with Crippen molar-refractivity contribution >= 4 is 21.8 Å². The minimum atomic E-state index is -0.0314. The van der Waals surface area contributed by atoms with Gasteiger partial charge in [0.05, 0.1) is 7.11 Å². The van der Waals surface area contributed by atoms with Gasteiger partial charge in [-0.25, -0.2) is 0 Å². The number of carbonyl (C=O) groups is 1. The molecule has 0 aliphatic carbocycles. The molecule has 0 saturated carbocycles. The van der Waals surface area contributed by atoms with Crippen molar-refractivity contribution in [3.8, 4) is 5.75 Å². The number of likely N-dealkylation sites (tertiary alicyclic amines) is 1. The first-order valence-electron chi connectivity index (χ1n) is 7.86. The van der Waals surface area contributed by atoms with E-state index in [1.165, 1.54) is 5.56 Å². The lowest BCUT2D eigenvalue weighted by molar-refractivity contribution is 0.0721. The van der Waals surface area contributed by atoms with E-state index in [1.807, 2.05) is 17.0 Å². The van der Waals surface area contributed by atoms with E-state index in [-0.39, 0.29) is 5.91 Å². The molecule has 0 radical (unpaired) electrons. The van der Waals surface area contributed by atoms with Crippen LogP contribution in [0.4, 0.5) is 0 Å². The summed E-state index contributed by atoms with van der Waals surface area (Å²) >= 11 is 3.25. The van der Waals surface area contributed by atoms with E-state index >= 15 is 0 Å². The standard InChI is InChI=1S/C18H20BrNO3/c1-22-15-7-5-13(6-8-15)14-4-2-3-11-20(12-14)18(21)16-9-10-17(19)23-16/h5-10,14H,2-4,11-12H2,1H3. The predicted molar refractivity (Wildman–Crippen MR) is 91.9 cm³/mol. The van der Waals surface area contributed by atoms with E-state index in [0.29, 0.717) is 16.3 Å². The Hall–Kier alpha value is -1.75. The van der Waals surface area contributed by atoms with Gasteiger partial charge in [0.25, 0.3) is 5.91 Å². The first-order valence-corrected chi connectivity index (χ1v) is 8.65. The molecule has 1 unspecified atom stereocenters. The van der Waals surface area contributed by atoms with Gasteiger partial charge in [0.2, 0.25) is 0 Å². The molecule has 1 saturated heterocycles. The molecule has 122 valence electrons. The average molecular weight is 378 g/mol. The van der Waals surface area contributed by atoms with Crippen molar-refractivity contribution in [1.29, 1.82) is 0 Å². The number of hydrogen-bond acceptors (Lipinski definition) is 3. The molecular formula is C18H20BrNO3. The maximum absolute atomic E-state index is 12.6. The van der Waals surface area contributed by atoms with Gasteiger partial charge in [-0.15, -0.1) is 0 Å². The highest BCUT2D eigenvalue weighted by Gasteiger charge is 2.25. The molecule has 5 heteroatoms. The number of hydrogen-bond donors (Lipinski definition) is 0. The number of nitrogens with zero attached hydrogens (tertiary/aromatic N) is 1. The third-order valence-corrected chi connectivity index (χ3v) is 4.76. The Kier molecular flexibility index (Phi) is 5.06. The van der Waals surface area contributed by atoms with Crippen LogP contribution in [0.25, 0.3) is 0 Å². The van der Waals surface area contributed by atoms with E-state index in [2.05, 4.69) is 28.1 Å². The van der Waals surface area contributed by atoms with E-state index in [9.17, 15) is 4.79 Å². The summed E-state index contributed by atoms with van der Waals surface area (Å²) in [5.41, 5.74) is 1.26. The monoisotopic (exact) mass is 377 g/mol. The fourth-order valence-corrected chi connectivity index (χ4v) is 3.37. The Labute approximate surface area is 144 Å². The Bertz CT molecular complexity index is 665. The fraction of sp³-hybridized carbons (Fsp3) is 0.389. The van der Waals surface area contributed by atoms with Crippen LogP contribution in [-0.4, -0.2) is 31.0 Å². The molecule has 1 amide bonds. The molecule has 2 heterocycles. The molecule has 0 N–H and O–H groups in total. The smallest absolute Gasteiger partial charge is 0.289 e. The van der Waals surface area contributed by atoms with Crippen LogP contribution in [0.3, 0.4) is 0 Å². The summed E-state index contributed by atoms with van der Waals surface area (Å²) in [7, 11) is 1.67. The molecule has 0 spiro atoms. The minimum Gasteiger partial charge on any atom is -0.497 e. The van der Waals surface area contributed by atoms with Crippen molar-refractivity contribution in [3.05, 3.63) is 52.4 Å². The Morgan fingerprint density at radius 3 is 2.65 bits per heavy atom. The maximum atomic E-state index is 12.6. The molecular weight excluding hydrogens is 358 g/mol. The van der Waals surface area contributed by atoms with E-state index in [4.69, 9.17) is 9.15 Å². The summed E-state index contributed by atoms with van der Waals surface area (Å²) in [5.74, 6) is 1.57. The zero-order valence-electron chi connectivity index (χ0n) is 13.1. The van der Waals surface area contributed by atoms with Crippen LogP contribution in [0, 0.1) is 0 Å². The van der Waals surface area contributed by atoms with Gasteiger partial charge in [-0.3, -0.25) is 4.79 Å². The molecule has 2 aromatic rings. The summed E-state index contributed by atoms with van der Waals surface area (Å²) < 4.78 is 11.2. The lowest BCUT2D eigenvalue weighted by Crippen LogP contribution is -2.33. The zero-order chi connectivity index (χ0) is 16.2. The second-order valence-electron chi connectivity index (χ2n) is 5.82. The average Bonchev–Trinajstić information content (AvgIpc) is 2.87. The highest BCUT2D eigenvalue weighted by atomic mass is 79.9. The first kappa shape index (κ1) is 16.1. The van der Waals surface area contributed by atoms with Gasteiger partial charge in [-0.1, -0.05) is 18.6 Å². The van der Waals surface area contributed by atoms with Gasteiger partial charge in [0.15, 0.2) is 10.4 Å². The number of furan rings is 1. The summed E-state index contributed by atoms with van der Waals surface area (Å²) in [4.78, 5) is 14.5. The van der Waals surface area contributed by atoms with Crippen molar-refractivity contribution in [3.63, 3.8) is 0 Å². The Morgan fingerprint density at radius 1 is 1.22 bits per heavy atom. The quantitative estimate of drug-likeness (QED) is 0.792. The van der Waals surface area contributed by atoms with Crippen LogP contribution in [0.2, 0.25) is 0 Å².